The van der Waals surface area contributed by atoms with Gasteiger partial charge in [0.05, 0.1) is 30.5 Å². The summed E-state index contributed by atoms with van der Waals surface area (Å²) in [5.74, 6) is 0.0101. The number of para-hydroxylation sites is 1. The second-order valence-corrected chi connectivity index (χ2v) is 7.35. The molecule has 0 aliphatic carbocycles. The van der Waals surface area contributed by atoms with Crippen LogP contribution in [0.15, 0.2) is 29.1 Å². The number of nitrogens with one attached hydrogen (secondary N) is 1. The maximum atomic E-state index is 13.0. The van der Waals surface area contributed by atoms with E-state index in [4.69, 9.17) is 9.47 Å². The van der Waals surface area contributed by atoms with Gasteiger partial charge in [-0.15, -0.1) is 0 Å². The normalized spacial score (nSPS) is 18.3. The minimum atomic E-state index is -0.326. The second-order valence-electron chi connectivity index (χ2n) is 7.35. The molecule has 1 atom stereocenters. The van der Waals surface area contributed by atoms with E-state index in [-0.39, 0.29) is 29.2 Å². The summed E-state index contributed by atoms with van der Waals surface area (Å²) in [6, 6.07) is 9.62. The van der Waals surface area contributed by atoms with Gasteiger partial charge in [0.1, 0.15) is 11.6 Å². The number of nitriles is 1. The highest BCUT2D eigenvalue weighted by Crippen LogP contribution is 2.28. The monoisotopic (exact) mass is 396 g/mol. The minimum Gasteiger partial charge on any atom is -0.380 e. The molecule has 0 radical (unpaired) electrons. The fourth-order valence-corrected chi connectivity index (χ4v) is 3.63. The van der Waals surface area contributed by atoms with Gasteiger partial charge in [-0.05, 0) is 12.5 Å². The van der Waals surface area contributed by atoms with Crippen LogP contribution in [0.2, 0.25) is 0 Å². The number of nitrogens with zero attached hydrogens (tertiary/aromatic N) is 3. The van der Waals surface area contributed by atoms with Crippen LogP contribution in [0.25, 0.3) is 10.9 Å². The average Bonchev–Trinajstić information content (AvgIpc) is 3.54. The van der Waals surface area contributed by atoms with Gasteiger partial charge in [-0.1, -0.05) is 25.1 Å². The van der Waals surface area contributed by atoms with Gasteiger partial charge in [-0.2, -0.15) is 5.26 Å². The third-order valence-corrected chi connectivity index (χ3v) is 5.24. The molecule has 29 heavy (non-hydrogen) atoms. The summed E-state index contributed by atoms with van der Waals surface area (Å²) in [6.07, 6.45) is 0.626. The Balaban J connectivity index is 1.60. The molecule has 0 saturated carbocycles. The van der Waals surface area contributed by atoms with E-state index in [1.807, 2.05) is 31.2 Å². The lowest BCUT2D eigenvalue weighted by atomic mass is 10.0. The first-order chi connectivity index (χ1) is 14.1. The molecule has 0 spiro atoms. The van der Waals surface area contributed by atoms with E-state index in [1.165, 1.54) is 0 Å². The zero-order valence-corrected chi connectivity index (χ0v) is 16.4. The molecule has 2 aliphatic heterocycles. The Bertz CT molecular complexity index is 1020. The first-order valence-corrected chi connectivity index (χ1v) is 9.94. The van der Waals surface area contributed by atoms with E-state index in [9.17, 15) is 14.9 Å². The Kier molecular flexibility index (Phi) is 5.51. The predicted molar refractivity (Wildman–Crippen MR) is 108 cm³/mol. The number of ether oxygens (including phenoxy) is 2. The molecule has 2 fully saturated rings. The Hall–Kier alpha value is -2.89. The van der Waals surface area contributed by atoms with Crippen molar-refractivity contribution in [2.75, 3.05) is 38.2 Å². The van der Waals surface area contributed by atoms with Gasteiger partial charge < -0.3 is 24.3 Å². The highest BCUT2D eigenvalue weighted by Gasteiger charge is 2.40. The number of fused-ring (bicyclic) bond motifs is 1. The Morgan fingerprint density at radius 1 is 1.34 bits per heavy atom. The molecule has 2 saturated heterocycles. The number of amides is 1. The summed E-state index contributed by atoms with van der Waals surface area (Å²) in [5, 5.41) is 13.8. The number of epoxide rings is 1. The lowest BCUT2D eigenvalue weighted by Crippen LogP contribution is -2.58. The van der Waals surface area contributed by atoms with Gasteiger partial charge in [0.25, 0.3) is 11.5 Å². The van der Waals surface area contributed by atoms with Gasteiger partial charge in [-0.25, -0.2) is 0 Å². The zero-order chi connectivity index (χ0) is 20.4. The number of likely N-dealkylation sites (tertiary alicyclic amines) is 1. The van der Waals surface area contributed by atoms with Crippen molar-refractivity contribution in [1.82, 2.24) is 9.47 Å². The van der Waals surface area contributed by atoms with Crippen LogP contribution in [0, 0.1) is 11.3 Å². The van der Waals surface area contributed by atoms with E-state index in [0.29, 0.717) is 45.1 Å². The fraction of sp³-hybridized carbons (Fsp3) is 0.476. The molecule has 1 amide bonds. The third kappa shape index (κ3) is 3.84. The number of aromatic nitrogens is 1. The number of rotatable bonds is 8. The molecule has 1 aromatic heterocycles. The minimum absolute atomic E-state index is 0.00339. The van der Waals surface area contributed by atoms with Gasteiger partial charge in [-0.3, -0.25) is 9.59 Å². The number of carbonyl (C=O) groups excluding carboxylic acids is 1. The van der Waals surface area contributed by atoms with E-state index >= 15 is 0 Å². The van der Waals surface area contributed by atoms with Crippen molar-refractivity contribution < 1.29 is 14.3 Å². The molecular formula is C21H24N4O4. The molecule has 8 nitrogen and oxygen atoms in total. The average molecular weight is 396 g/mol. The molecule has 1 unspecified atom stereocenters. The van der Waals surface area contributed by atoms with Crippen LogP contribution in [-0.4, -0.2) is 60.4 Å². The van der Waals surface area contributed by atoms with Crippen molar-refractivity contribution in [3.8, 4) is 6.07 Å². The molecule has 4 rings (SSSR count). The molecule has 2 aliphatic rings. The summed E-state index contributed by atoms with van der Waals surface area (Å²) in [5.41, 5.74) is 1.07. The van der Waals surface area contributed by atoms with E-state index in [0.717, 1.165) is 17.3 Å². The van der Waals surface area contributed by atoms with Crippen LogP contribution in [0.5, 0.6) is 0 Å². The topological polar surface area (TPSA) is 99.9 Å². The standard InChI is InChI=1S/C21H24N4O4/c1-2-8-28-9-7-25-17-6-4-3-5-15(17)19(16(10-22)20(25)26)23-14-11-24(12-14)21(27)18-13-29-18/h3-6,14,18,23H,2,7-9,11-13H2,1H3. The SMILES string of the molecule is CCCOCCn1c(=O)c(C#N)c(NC2CN(C(=O)C3CO3)C2)c2ccccc21. The molecule has 2 aromatic rings. The largest absolute Gasteiger partial charge is 0.380 e. The van der Waals surface area contributed by atoms with Crippen molar-refractivity contribution in [2.24, 2.45) is 0 Å². The van der Waals surface area contributed by atoms with Crippen molar-refractivity contribution in [1.29, 1.82) is 5.26 Å². The number of benzene rings is 1. The van der Waals surface area contributed by atoms with E-state index in [2.05, 4.69) is 11.4 Å². The van der Waals surface area contributed by atoms with Crippen molar-refractivity contribution in [3.05, 3.63) is 40.2 Å². The highest BCUT2D eigenvalue weighted by molar-refractivity contribution is 5.94. The molecular weight excluding hydrogens is 372 g/mol. The summed E-state index contributed by atoms with van der Waals surface area (Å²) >= 11 is 0. The Morgan fingerprint density at radius 2 is 2.10 bits per heavy atom. The second kappa shape index (κ2) is 8.23. The number of carbonyl (C=O) groups is 1. The Labute approximate surface area is 168 Å². The molecule has 8 heteroatoms. The van der Waals surface area contributed by atoms with Crippen LogP contribution in [0.1, 0.15) is 18.9 Å². The summed E-state index contributed by atoms with van der Waals surface area (Å²) in [6.45, 7) is 5.04. The zero-order valence-electron chi connectivity index (χ0n) is 16.4. The molecule has 1 aromatic carbocycles. The lowest BCUT2D eigenvalue weighted by molar-refractivity contribution is -0.136. The summed E-state index contributed by atoms with van der Waals surface area (Å²) in [7, 11) is 0. The van der Waals surface area contributed by atoms with E-state index in [1.54, 1.807) is 9.47 Å². The van der Waals surface area contributed by atoms with Crippen LogP contribution in [-0.2, 0) is 20.8 Å². The lowest BCUT2D eigenvalue weighted by Gasteiger charge is -2.40. The van der Waals surface area contributed by atoms with Gasteiger partial charge >= 0.3 is 0 Å². The maximum Gasteiger partial charge on any atom is 0.271 e. The van der Waals surface area contributed by atoms with Gasteiger partial charge in [0.2, 0.25) is 0 Å². The summed E-state index contributed by atoms with van der Waals surface area (Å²) in [4.78, 5) is 26.8. The van der Waals surface area contributed by atoms with Crippen LogP contribution in [0.4, 0.5) is 5.69 Å². The van der Waals surface area contributed by atoms with Crippen molar-refractivity contribution >= 4 is 22.5 Å². The van der Waals surface area contributed by atoms with Gasteiger partial charge in [0, 0.05) is 31.6 Å². The Morgan fingerprint density at radius 3 is 2.79 bits per heavy atom. The first kappa shape index (κ1) is 19.4. The molecule has 0 bridgehead atoms. The maximum absolute atomic E-state index is 13.0. The number of pyridine rings is 1. The van der Waals surface area contributed by atoms with Crippen molar-refractivity contribution in [3.63, 3.8) is 0 Å². The van der Waals surface area contributed by atoms with Crippen molar-refractivity contribution in [2.45, 2.75) is 32.0 Å². The first-order valence-electron chi connectivity index (χ1n) is 9.94. The van der Waals surface area contributed by atoms with Crippen LogP contribution < -0.4 is 10.9 Å². The smallest absolute Gasteiger partial charge is 0.271 e. The fourth-order valence-electron chi connectivity index (χ4n) is 3.63. The molecule has 152 valence electrons. The van der Waals surface area contributed by atoms with E-state index < -0.39 is 0 Å². The number of hydrogen-bond donors (Lipinski definition) is 1. The number of hydrogen-bond acceptors (Lipinski definition) is 6. The highest BCUT2D eigenvalue weighted by atomic mass is 16.6. The quantitative estimate of drug-likeness (QED) is 0.534. The van der Waals surface area contributed by atoms with Gasteiger partial charge in [0.15, 0.2) is 6.10 Å². The molecule has 3 heterocycles. The van der Waals surface area contributed by atoms with Crippen LogP contribution >= 0.6 is 0 Å². The number of anilines is 1. The predicted octanol–water partition coefficient (Wildman–Crippen LogP) is 1.32. The third-order valence-electron chi connectivity index (χ3n) is 5.24. The molecule has 1 N–H and O–H groups in total. The van der Waals surface area contributed by atoms with Crippen LogP contribution in [0.3, 0.4) is 0 Å². The summed E-state index contributed by atoms with van der Waals surface area (Å²) < 4.78 is 12.2.